The second kappa shape index (κ2) is 11.7. The molecule has 3 fully saturated rings. The van der Waals surface area contributed by atoms with E-state index >= 15 is 0 Å². The number of benzene rings is 1. The van der Waals surface area contributed by atoms with Gasteiger partial charge in [-0.3, -0.25) is 14.5 Å². The highest BCUT2D eigenvalue weighted by Gasteiger charge is 2.48. The van der Waals surface area contributed by atoms with Gasteiger partial charge in [-0.2, -0.15) is 4.31 Å². The molecule has 37 heavy (non-hydrogen) atoms. The second-order valence-electron chi connectivity index (χ2n) is 9.63. The standard InChI is InChI=1S/C24H33FN4O7S/c25-18-6-8-19(9-7-18)37(34,35)29-11-10-28(24(33)27-12-14-36-15-13-27)23(29)22(32)26-20(16-21(30)31)17-4-2-1-3-5-17/h6-9,17,20,23H,1-5,10-16H2,(H,26,32)(H,30,31). The van der Waals surface area contributed by atoms with Crippen LogP contribution in [0.5, 0.6) is 0 Å². The molecule has 1 aromatic rings. The third-order valence-corrected chi connectivity index (χ3v) is 9.12. The quantitative estimate of drug-likeness (QED) is 0.534. The zero-order valence-corrected chi connectivity index (χ0v) is 21.4. The molecular weight excluding hydrogens is 507 g/mol. The number of carboxylic acids is 1. The van der Waals surface area contributed by atoms with E-state index in [0.29, 0.717) is 26.3 Å². The molecule has 2 saturated heterocycles. The number of aliphatic carboxylic acids is 1. The van der Waals surface area contributed by atoms with E-state index < -0.39 is 46.0 Å². The minimum atomic E-state index is -4.28. The molecule has 0 bridgehead atoms. The van der Waals surface area contributed by atoms with Gasteiger partial charge in [-0.15, -0.1) is 0 Å². The van der Waals surface area contributed by atoms with Crippen LogP contribution in [0.15, 0.2) is 29.2 Å². The number of carbonyl (C=O) groups excluding carboxylic acids is 2. The molecule has 2 atom stereocenters. The lowest BCUT2D eigenvalue weighted by atomic mass is 9.82. The van der Waals surface area contributed by atoms with Crippen molar-refractivity contribution in [1.29, 1.82) is 0 Å². The van der Waals surface area contributed by atoms with Crippen molar-refractivity contribution in [2.45, 2.75) is 55.6 Å². The third kappa shape index (κ3) is 6.21. The molecule has 0 radical (unpaired) electrons. The summed E-state index contributed by atoms with van der Waals surface area (Å²) in [6.45, 7) is 1.10. The van der Waals surface area contributed by atoms with E-state index in [1.54, 1.807) is 0 Å². The van der Waals surface area contributed by atoms with Crippen molar-refractivity contribution in [1.82, 2.24) is 19.4 Å². The Morgan fingerprint density at radius 1 is 1.03 bits per heavy atom. The Morgan fingerprint density at radius 3 is 2.30 bits per heavy atom. The molecule has 13 heteroatoms. The number of nitrogens with one attached hydrogen (secondary N) is 1. The lowest BCUT2D eigenvalue weighted by molar-refractivity contribution is -0.138. The van der Waals surface area contributed by atoms with Gasteiger partial charge >= 0.3 is 12.0 Å². The molecule has 1 aromatic carbocycles. The van der Waals surface area contributed by atoms with Gasteiger partial charge in [0.05, 0.1) is 24.5 Å². The van der Waals surface area contributed by atoms with Gasteiger partial charge in [0.15, 0.2) is 6.17 Å². The fraction of sp³-hybridized carbons (Fsp3) is 0.625. The van der Waals surface area contributed by atoms with Crippen molar-refractivity contribution in [2.24, 2.45) is 5.92 Å². The largest absolute Gasteiger partial charge is 0.481 e. The summed E-state index contributed by atoms with van der Waals surface area (Å²) in [5.41, 5.74) is 0. The number of hydrogen-bond donors (Lipinski definition) is 2. The van der Waals surface area contributed by atoms with Crippen molar-refractivity contribution < 1.29 is 37.0 Å². The van der Waals surface area contributed by atoms with Gasteiger partial charge in [-0.1, -0.05) is 19.3 Å². The number of urea groups is 1. The molecule has 3 aliphatic rings. The first-order valence-corrected chi connectivity index (χ1v) is 14.1. The maximum absolute atomic E-state index is 13.7. The van der Waals surface area contributed by atoms with Crippen LogP contribution in [0.4, 0.5) is 9.18 Å². The Hall–Kier alpha value is -2.77. The Morgan fingerprint density at radius 2 is 1.68 bits per heavy atom. The number of carboxylic acid groups (broad SMARTS) is 1. The van der Waals surface area contributed by atoms with Crippen molar-refractivity contribution in [3.63, 3.8) is 0 Å². The van der Waals surface area contributed by atoms with E-state index in [9.17, 15) is 32.3 Å². The van der Waals surface area contributed by atoms with Crippen molar-refractivity contribution in [2.75, 3.05) is 39.4 Å². The van der Waals surface area contributed by atoms with Crippen molar-refractivity contribution in [3.8, 4) is 0 Å². The van der Waals surface area contributed by atoms with E-state index in [-0.39, 0.29) is 30.3 Å². The van der Waals surface area contributed by atoms with Crippen LogP contribution in [-0.4, -0.2) is 97.1 Å². The molecule has 4 rings (SSSR count). The predicted molar refractivity (Wildman–Crippen MR) is 129 cm³/mol. The Kier molecular flexibility index (Phi) is 8.65. The summed E-state index contributed by atoms with van der Waals surface area (Å²) >= 11 is 0. The molecular formula is C24H33FN4O7S. The molecule has 204 valence electrons. The minimum Gasteiger partial charge on any atom is -0.481 e. The summed E-state index contributed by atoms with van der Waals surface area (Å²) in [6.07, 6.45) is 2.60. The van der Waals surface area contributed by atoms with Crippen LogP contribution in [0.1, 0.15) is 38.5 Å². The highest BCUT2D eigenvalue weighted by molar-refractivity contribution is 7.89. The van der Waals surface area contributed by atoms with Crippen LogP contribution in [-0.2, 0) is 24.3 Å². The van der Waals surface area contributed by atoms with E-state index in [1.165, 1.54) is 9.80 Å². The third-order valence-electron chi connectivity index (χ3n) is 7.25. The maximum atomic E-state index is 13.7. The molecule has 2 N–H and O–H groups in total. The Bertz CT molecular complexity index is 1090. The maximum Gasteiger partial charge on any atom is 0.321 e. The number of amides is 3. The normalized spacial score (nSPS) is 22.6. The molecule has 3 amide bonds. The van der Waals surface area contributed by atoms with E-state index in [2.05, 4.69) is 5.32 Å². The fourth-order valence-corrected chi connectivity index (χ4v) is 6.87. The predicted octanol–water partition coefficient (Wildman–Crippen LogP) is 1.45. The number of morpholine rings is 1. The first-order chi connectivity index (χ1) is 17.7. The molecule has 1 aliphatic carbocycles. The van der Waals surface area contributed by atoms with Crippen LogP contribution < -0.4 is 5.32 Å². The van der Waals surface area contributed by atoms with E-state index in [1.807, 2.05) is 0 Å². The molecule has 0 spiro atoms. The highest BCUT2D eigenvalue weighted by Crippen LogP contribution is 2.30. The lowest BCUT2D eigenvalue weighted by Gasteiger charge is -2.36. The average molecular weight is 541 g/mol. The number of halogens is 1. The molecule has 11 nitrogen and oxygen atoms in total. The number of carbonyl (C=O) groups is 3. The fourth-order valence-electron chi connectivity index (χ4n) is 5.33. The molecule has 2 unspecified atom stereocenters. The minimum absolute atomic E-state index is 0.0261. The Balaban J connectivity index is 1.64. The first kappa shape index (κ1) is 27.3. The smallest absolute Gasteiger partial charge is 0.321 e. The summed E-state index contributed by atoms with van der Waals surface area (Å²) in [7, 11) is -4.28. The van der Waals surface area contributed by atoms with Gasteiger partial charge in [0.2, 0.25) is 10.0 Å². The number of rotatable bonds is 7. The van der Waals surface area contributed by atoms with Gasteiger partial charge in [0.25, 0.3) is 5.91 Å². The second-order valence-corrected chi connectivity index (χ2v) is 11.5. The molecule has 2 heterocycles. The SMILES string of the molecule is O=C(O)CC(NC(=O)C1N(C(=O)N2CCOCC2)CCN1S(=O)(=O)c1ccc(F)cc1)C1CCCCC1. The summed E-state index contributed by atoms with van der Waals surface area (Å²) in [5, 5.41) is 12.3. The lowest BCUT2D eigenvalue weighted by Crippen LogP contribution is -2.59. The van der Waals surface area contributed by atoms with Gasteiger partial charge in [0.1, 0.15) is 5.82 Å². The summed E-state index contributed by atoms with van der Waals surface area (Å²) in [5.74, 6) is -2.48. The van der Waals surface area contributed by atoms with E-state index in [4.69, 9.17) is 4.74 Å². The van der Waals surface area contributed by atoms with Gasteiger partial charge in [0, 0.05) is 32.2 Å². The van der Waals surface area contributed by atoms with Crippen LogP contribution in [0.2, 0.25) is 0 Å². The summed E-state index contributed by atoms with van der Waals surface area (Å²) in [4.78, 5) is 41.2. The molecule has 0 aromatic heterocycles. The number of hydrogen-bond acceptors (Lipinski definition) is 6. The number of nitrogens with zero attached hydrogens (tertiary/aromatic N) is 3. The number of ether oxygens (including phenoxy) is 1. The van der Waals surface area contributed by atoms with Crippen LogP contribution >= 0.6 is 0 Å². The van der Waals surface area contributed by atoms with Gasteiger partial charge < -0.3 is 20.1 Å². The zero-order valence-electron chi connectivity index (χ0n) is 20.6. The first-order valence-electron chi connectivity index (χ1n) is 12.6. The van der Waals surface area contributed by atoms with Crippen LogP contribution in [0.25, 0.3) is 0 Å². The van der Waals surface area contributed by atoms with Crippen LogP contribution in [0, 0.1) is 11.7 Å². The number of sulfonamides is 1. The van der Waals surface area contributed by atoms with Crippen LogP contribution in [0.3, 0.4) is 0 Å². The molecule has 1 saturated carbocycles. The highest BCUT2D eigenvalue weighted by atomic mass is 32.2. The summed E-state index contributed by atoms with van der Waals surface area (Å²) in [6, 6.07) is 3.07. The van der Waals surface area contributed by atoms with Crippen molar-refractivity contribution >= 4 is 27.9 Å². The zero-order chi connectivity index (χ0) is 26.6. The summed E-state index contributed by atoms with van der Waals surface area (Å²) < 4.78 is 46.8. The molecule has 2 aliphatic heterocycles. The van der Waals surface area contributed by atoms with Gasteiger partial charge in [-0.25, -0.2) is 17.6 Å². The van der Waals surface area contributed by atoms with E-state index in [0.717, 1.165) is 60.7 Å². The van der Waals surface area contributed by atoms with Gasteiger partial charge in [-0.05, 0) is 43.0 Å². The monoisotopic (exact) mass is 540 g/mol. The van der Waals surface area contributed by atoms with Crippen molar-refractivity contribution in [3.05, 3.63) is 30.1 Å². The average Bonchev–Trinajstić information content (AvgIpc) is 3.35. The Labute approximate surface area is 215 Å². The topological polar surface area (TPSA) is 137 Å².